The van der Waals surface area contributed by atoms with Gasteiger partial charge in [0.15, 0.2) is 11.3 Å². The second-order valence-corrected chi connectivity index (χ2v) is 7.64. The van der Waals surface area contributed by atoms with E-state index in [-0.39, 0.29) is 5.91 Å². The van der Waals surface area contributed by atoms with Gasteiger partial charge in [0, 0.05) is 24.5 Å². The summed E-state index contributed by atoms with van der Waals surface area (Å²) in [6, 6.07) is 21.2. The maximum atomic E-state index is 13.0. The third kappa shape index (κ3) is 3.37. The van der Waals surface area contributed by atoms with E-state index in [9.17, 15) is 4.79 Å². The minimum atomic E-state index is -0.234. The summed E-state index contributed by atoms with van der Waals surface area (Å²) in [6.45, 7) is 0.767. The number of amides is 1. The van der Waals surface area contributed by atoms with Gasteiger partial charge in [0.05, 0.1) is 11.0 Å². The molecule has 162 valence electrons. The van der Waals surface area contributed by atoms with Gasteiger partial charge in [-0.25, -0.2) is 9.36 Å². The SMILES string of the molecule is O=C(NCCc1nnc2ccccn12)c1nn(Cn2nnc3ccccc32)c2ccccc12. The first-order valence-corrected chi connectivity index (χ1v) is 10.6. The number of carbonyl (C=O) groups excluding carboxylic acids is 1. The minimum Gasteiger partial charge on any atom is -0.350 e. The molecule has 0 aliphatic carbocycles. The number of rotatable bonds is 6. The number of para-hydroxylation sites is 2. The lowest BCUT2D eigenvalue weighted by atomic mass is 10.2. The van der Waals surface area contributed by atoms with Crippen LogP contribution in [0.1, 0.15) is 16.3 Å². The van der Waals surface area contributed by atoms with Gasteiger partial charge in [0.1, 0.15) is 18.0 Å². The van der Waals surface area contributed by atoms with Crippen LogP contribution >= 0.6 is 0 Å². The molecule has 4 aromatic heterocycles. The third-order valence-electron chi connectivity index (χ3n) is 5.58. The van der Waals surface area contributed by atoms with Gasteiger partial charge < -0.3 is 5.32 Å². The molecule has 0 bridgehead atoms. The second kappa shape index (κ2) is 7.83. The molecule has 0 saturated heterocycles. The van der Waals surface area contributed by atoms with Crippen LogP contribution in [0.2, 0.25) is 0 Å². The molecule has 0 radical (unpaired) electrons. The summed E-state index contributed by atoms with van der Waals surface area (Å²) in [6.07, 6.45) is 2.47. The van der Waals surface area contributed by atoms with E-state index in [0.29, 0.717) is 25.3 Å². The molecule has 6 aromatic rings. The van der Waals surface area contributed by atoms with E-state index in [2.05, 4.69) is 30.9 Å². The van der Waals surface area contributed by atoms with Crippen molar-refractivity contribution < 1.29 is 4.79 Å². The average Bonchev–Trinajstić information content (AvgIpc) is 3.56. The molecule has 10 nitrogen and oxygen atoms in total. The van der Waals surface area contributed by atoms with Crippen molar-refractivity contribution in [2.24, 2.45) is 0 Å². The van der Waals surface area contributed by atoms with E-state index >= 15 is 0 Å². The van der Waals surface area contributed by atoms with E-state index in [1.165, 1.54) is 0 Å². The molecule has 10 heteroatoms. The highest BCUT2D eigenvalue weighted by Gasteiger charge is 2.18. The van der Waals surface area contributed by atoms with Crippen LogP contribution < -0.4 is 5.32 Å². The summed E-state index contributed by atoms with van der Waals surface area (Å²) in [4.78, 5) is 13.0. The Bertz CT molecular complexity index is 1610. The predicted octanol–water partition coefficient (Wildman–Crippen LogP) is 2.30. The Labute approximate surface area is 187 Å². The first kappa shape index (κ1) is 19.1. The number of hydrogen-bond donors (Lipinski definition) is 1. The maximum Gasteiger partial charge on any atom is 0.272 e. The van der Waals surface area contributed by atoms with Crippen molar-refractivity contribution in [1.29, 1.82) is 0 Å². The standard InChI is InChI=1S/C23H19N9O/c33-23(24-13-12-21-27-26-20-11-5-6-14-30(20)21)22-16-7-1-3-9-18(16)31(28-22)15-32-19-10-4-2-8-17(19)25-29-32/h1-11,14H,12-13,15H2,(H,24,33). The third-order valence-corrected chi connectivity index (χ3v) is 5.58. The van der Waals surface area contributed by atoms with Gasteiger partial charge in [0.2, 0.25) is 0 Å². The fourth-order valence-electron chi connectivity index (χ4n) is 3.98. The lowest BCUT2D eigenvalue weighted by Gasteiger charge is -2.04. The molecular weight excluding hydrogens is 418 g/mol. The lowest BCUT2D eigenvalue weighted by Crippen LogP contribution is -2.27. The van der Waals surface area contributed by atoms with Crippen LogP contribution in [0.15, 0.2) is 72.9 Å². The van der Waals surface area contributed by atoms with E-state index in [1.807, 2.05) is 77.3 Å². The normalized spacial score (nSPS) is 11.5. The summed E-state index contributed by atoms with van der Waals surface area (Å²) < 4.78 is 5.46. The Morgan fingerprint density at radius 3 is 2.61 bits per heavy atom. The molecule has 2 aromatic carbocycles. The van der Waals surface area contributed by atoms with Gasteiger partial charge in [-0.1, -0.05) is 41.6 Å². The molecule has 0 fully saturated rings. The molecule has 0 unspecified atom stereocenters. The van der Waals surface area contributed by atoms with Gasteiger partial charge in [-0.15, -0.1) is 15.3 Å². The molecule has 0 atom stereocenters. The number of benzene rings is 2. The first-order chi connectivity index (χ1) is 16.3. The van der Waals surface area contributed by atoms with Crippen LogP contribution in [0.3, 0.4) is 0 Å². The van der Waals surface area contributed by atoms with Crippen LogP contribution in [0.5, 0.6) is 0 Å². The molecule has 6 rings (SSSR count). The monoisotopic (exact) mass is 437 g/mol. The highest BCUT2D eigenvalue weighted by molar-refractivity contribution is 6.04. The molecule has 0 saturated carbocycles. The van der Waals surface area contributed by atoms with Gasteiger partial charge in [0.25, 0.3) is 5.91 Å². The van der Waals surface area contributed by atoms with Crippen LogP contribution in [0, 0.1) is 0 Å². The lowest BCUT2D eigenvalue weighted by molar-refractivity contribution is 0.0949. The van der Waals surface area contributed by atoms with Crippen molar-refractivity contribution in [1.82, 2.24) is 44.7 Å². The molecule has 0 aliphatic rings. The molecule has 4 heterocycles. The molecule has 0 aliphatic heterocycles. The number of nitrogens with zero attached hydrogens (tertiary/aromatic N) is 8. The zero-order valence-corrected chi connectivity index (χ0v) is 17.5. The zero-order chi connectivity index (χ0) is 22.2. The number of pyridine rings is 1. The molecule has 33 heavy (non-hydrogen) atoms. The van der Waals surface area contributed by atoms with Crippen LogP contribution in [0.4, 0.5) is 0 Å². The average molecular weight is 437 g/mol. The van der Waals surface area contributed by atoms with Crippen LogP contribution in [0.25, 0.3) is 27.6 Å². The van der Waals surface area contributed by atoms with Crippen molar-refractivity contribution in [3.05, 3.63) is 84.4 Å². The second-order valence-electron chi connectivity index (χ2n) is 7.64. The smallest absolute Gasteiger partial charge is 0.272 e. The summed E-state index contributed by atoms with van der Waals surface area (Å²) >= 11 is 0. The number of aromatic nitrogens is 8. The van der Waals surface area contributed by atoms with Crippen molar-refractivity contribution in [3.63, 3.8) is 0 Å². The van der Waals surface area contributed by atoms with Crippen molar-refractivity contribution in [2.75, 3.05) is 6.54 Å². The Morgan fingerprint density at radius 2 is 1.67 bits per heavy atom. The number of carbonyl (C=O) groups is 1. The van der Waals surface area contributed by atoms with Gasteiger partial charge in [-0.05, 0) is 30.3 Å². The number of nitrogens with one attached hydrogen (secondary N) is 1. The van der Waals surface area contributed by atoms with Crippen molar-refractivity contribution in [2.45, 2.75) is 13.1 Å². The predicted molar refractivity (Wildman–Crippen MR) is 122 cm³/mol. The Kier molecular flexibility index (Phi) is 4.53. The topological polar surface area (TPSA) is 108 Å². The fourth-order valence-corrected chi connectivity index (χ4v) is 3.98. The highest BCUT2D eigenvalue weighted by Crippen LogP contribution is 2.19. The summed E-state index contributed by atoms with van der Waals surface area (Å²) in [5.41, 5.74) is 3.73. The molecule has 1 amide bonds. The van der Waals surface area contributed by atoms with E-state index in [1.54, 1.807) is 9.36 Å². The Hall–Kier alpha value is -4.60. The first-order valence-electron chi connectivity index (χ1n) is 10.6. The highest BCUT2D eigenvalue weighted by atomic mass is 16.1. The largest absolute Gasteiger partial charge is 0.350 e. The van der Waals surface area contributed by atoms with Gasteiger partial charge in [-0.2, -0.15) is 5.10 Å². The van der Waals surface area contributed by atoms with E-state index < -0.39 is 0 Å². The molecule has 1 N–H and O–H groups in total. The quantitative estimate of drug-likeness (QED) is 0.428. The van der Waals surface area contributed by atoms with Gasteiger partial charge in [-0.3, -0.25) is 9.20 Å². The molecular formula is C23H19N9O. The van der Waals surface area contributed by atoms with Crippen molar-refractivity contribution in [3.8, 4) is 0 Å². The maximum absolute atomic E-state index is 13.0. The van der Waals surface area contributed by atoms with Gasteiger partial charge >= 0.3 is 0 Å². The van der Waals surface area contributed by atoms with E-state index in [4.69, 9.17) is 0 Å². The van der Waals surface area contributed by atoms with Crippen LogP contribution in [-0.4, -0.2) is 51.8 Å². The summed E-state index contributed by atoms with van der Waals surface area (Å²) in [5.74, 6) is 0.557. The Balaban J connectivity index is 1.24. The van der Waals surface area contributed by atoms with Crippen LogP contribution in [-0.2, 0) is 13.1 Å². The minimum absolute atomic E-state index is 0.234. The Morgan fingerprint density at radius 1 is 0.848 bits per heavy atom. The number of hydrogen-bond acceptors (Lipinski definition) is 6. The number of fused-ring (bicyclic) bond motifs is 3. The summed E-state index contributed by atoms with van der Waals surface area (Å²) in [7, 11) is 0. The summed E-state index contributed by atoms with van der Waals surface area (Å²) in [5, 5.41) is 25.2. The zero-order valence-electron chi connectivity index (χ0n) is 17.5. The van der Waals surface area contributed by atoms with Crippen molar-refractivity contribution >= 4 is 33.5 Å². The molecule has 0 spiro atoms. The van der Waals surface area contributed by atoms with E-state index in [0.717, 1.165) is 33.4 Å². The fraction of sp³-hybridized carbons (Fsp3) is 0.130.